The molecule has 1 unspecified atom stereocenters. The molecule has 5 heterocycles. The number of ether oxygens (including phenoxy) is 2. The molecule has 0 amide bonds. The Balaban J connectivity index is 1.40. The first kappa shape index (κ1) is 28.5. The van der Waals surface area contributed by atoms with Crippen molar-refractivity contribution in [2.75, 3.05) is 32.8 Å². The molecule has 7 rings (SSSR count). The molecule has 3 aliphatic heterocycles. The van der Waals surface area contributed by atoms with Gasteiger partial charge in [0, 0.05) is 43.1 Å². The molecule has 7 nitrogen and oxygen atoms in total. The van der Waals surface area contributed by atoms with Crippen molar-refractivity contribution in [1.82, 2.24) is 25.2 Å². The van der Waals surface area contributed by atoms with Crippen LogP contribution in [-0.2, 0) is 6.18 Å². The van der Waals surface area contributed by atoms with Crippen LogP contribution in [0.4, 0.5) is 26.3 Å². The smallest absolute Gasteiger partial charge is 0.417 e. The van der Waals surface area contributed by atoms with Gasteiger partial charge in [-0.05, 0) is 37.6 Å². The van der Waals surface area contributed by atoms with E-state index < -0.39 is 52.3 Å². The van der Waals surface area contributed by atoms with E-state index in [-0.39, 0.29) is 52.0 Å². The van der Waals surface area contributed by atoms with Crippen LogP contribution in [0.5, 0.6) is 11.9 Å². The van der Waals surface area contributed by atoms with E-state index in [1.165, 1.54) is 5.51 Å². The minimum Gasteiger partial charge on any atom is -0.472 e. The summed E-state index contributed by atoms with van der Waals surface area (Å²) in [7, 11) is 0. The second-order valence-electron chi connectivity index (χ2n) is 11.6. The molecule has 228 valence electrons. The maximum Gasteiger partial charge on any atom is 0.417 e. The van der Waals surface area contributed by atoms with E-state index in [4.69, 9.17) is 9.47 Å². The zero-order valence-corrected chi connectivity index (χ0v) is 23.8. The summed E-state index contributed by atoms with van der Waals surface area (Å²) in [5.41, 5.74) is -2.12. The fourth-order valence-corrected chi connectivity index (χ4v) is 7.39. The number of nitrogens with zero attached hydrogens (tertiary/aromatic N) is 4. The summed E-state index contributed by atoms with van der Waals surface area (Å²) in [6, 6.07) is 2.56. The van der Waals surface area contributed by atoms with Crippen LogP contribution < -0.4 is 14.8 Å². The third-order valence-electron chi connectivity index (χ3n) is 8.83. The Hall–Kier alpha value is -3.23. The van der Waals surface area contributed by atoms with Gasteiger partial charge >= 0.3 is 12.2 Å². The first-order chi connectivity index (χ1) is 20.5. The quantitative estimate of drug-likeness (QED) is 0.259. The van der Waals surface area contributed by atoms with Crippen LogP contribution in [0, 0.1) is 17.6 Å². The number of hydrogen-bond donors (Lipinski definition) is 1. The topological polar surface area (TPSA) is 72.4 Å². The van der Waals surface area contributed by atoms with Gasteiger partial charge in [-0.1, -0.05) is 6.92 Å². The average Bonchev–Trinajstić information content (AvgIpc) is 3.73. The van der Waals surface area contributed by atoms with Crippen LogP contribution in [0.1, 0.15) is 31.7 Å². The van der Waals surface area contributed by atoms with Crippen LogP contribution >= 0.6 is 11.3 Å². The summed E-state index contributed by atoms with van der Waals surface area (Å²) in [6.07, 6.45) is -4.59. The molecule has 14 heteroatoms. The lowest BCUT2D eigenvalue weighted by Gasteiger charge is -2.30. The van der Waals surface area contributed by atoms with Gasteiger partial charge in [-0.25, -0.2) is 18.2 Å². The molecule has 4 aromatic rings. The van der Waals surface area contributed by atoms with Gasteiger partial charge in [0.25, 0.3) is 0 Å². The van der Waals surface area contributed by atoms with Gasteiger partial charge in [0.1, 0.15) is 30.2 Å². The lowest BCUT2D eigenvalue weighted by atomic mass is 9.95. The minimum absolute atomic E-state index is 0.00340. The Kier molecular flexibility index (Phi) is 6.93. The fourth-order valence-electron chi connectivity index (χ4n) is 6.68. The van der Waals surface area contributed by atoms with Crippen molar-refractivity contribution in [1.29, 1.82) is 0 Å². The predicted molar refractivity (Wildman–Crippen MR) is 148 cm³/mol. The summed E-state index contributed by atoms with van der Waals surface area (Å²) in [5, 5.41) is 2.89. The van der Waals surface area contributed by atoms with Crippen LogP contribution in [0.25, 0.3) is 32.2 Å². The summed E-state index contributed by atoms with van der Waals surface area (Å²) in [5.74, 6) is -2.20. The number of fused-ring (bicyclic) bond motifs is 3. The number of benzene rings is 2. The number of nitrogens with one attached hydrogen (secondary N) is 1. The van der Waals surface area contributed by atoms with Crippen molar-refractivity contribution >= 4 is 32.5 Å². The van der Waals surface area contributed by atoms with E-state index >= 15 is 4.39 Å². The Morgan fingerprint density at radius 2 is 2.00 bits per heavy atom. The number of thiazole rings is 1. The molecule has 0 radical (unpaired) electrons. The molecule has 1 N–H and O–H groups in total. The van der Waals surface area contributed by atoms with Crippen molar-refractivity contribution < 1.29 is 35.8 Å². The Morgan fingerprint density at radius 3 is 2.77 bits per heavy atom. The molecule has 3 aliphatic rings. The van der Waals surface area contributed by atoms with E-state index in [2.05, 4.69) is 20.3 Å². The Bertz CT molecular complexity index is 1720. The highest BCUT2D eigenvalue weighted by atomic mass is 32.1. The molecule has 0 bridgehead atoms. The standard InChI is InChI=1S/C29H27F6N5O2S/c1-14-9-36-10-20(14)42-26-17-7-18(29(33,34)35)21(16-3-4-19(31)25-24(16)37-13-43-25)22(32)23(17)38-27(39-26)41-12-28-5-2-6-40(28)11-15(30)8-28/h3-4,7,13-15,20,36H,2,5-6,8-12H2,1H3/t14-,15-,20?,28+/m1/s1. The molecule has 3 fully saturated rings. The number of hydrogen-bond acceptors (Lipinski definition) is 8. The maximum absolute atomic E-state index is 16.5. The van der Waals surface area contributed by atoms with Crippen molar-refractivity contribution in [3.63, 3.8) is 0 Å². The van der Waals surface area contributed by atoms with Gasteiger partial charge in [0.05, 0.1) is 32.2 Å². The van der Waals surface area contributed by atoms with Crippen LogP contribution in [0.2, 0.25) is 0 Å². The Labute approximate surface area is 246 Å². The lowest BCUT2D eigenvalue weighted by molar-refractivity contribution is -0.137. The van der Waals surface area contributed by atoms with Gasteiger partial charge in [-0.2, -0.15) is 23.1 Å². The lowest BCUT2D eigenvalue weighted by Crippen LogP contribution is -2.43. The molecular formula is C29H27F6N5O2S. The normalized spacial score (nSPS) is 26.1. The van der Waals surface area contributed by atoms with E-state index in [0.29, 0.717) is 26.1 Å². The number of halogens is 6. The summed E-state index contributed by atoms with van der Waals surface area (Å²) < 4.78 is 101. The molecule has 0 spiro atoms. The zero-order valence-electron chi connectivity index (χ0n) is 23.0. The van der Waals surface area contributed by atoms with Crippen LogP contribution in [-0.4, -0.2) is 70.5 Å². The zero-order chi connectivity index (χ0) is 30.1. The Morgan fingerprint density at radius 1 is 1.16 bits per heavy atom. The van der Waals surface area contributed by atoms with Crippen molar-refractivity contribution in [3.05, 3.63) is 40.9 Å². The van der Waals surface area contributed by atoms with Gasteiger partial charge in [-0.3, -0.25) is 4.90 Å². The molecule has 0 saturated carbocycles. The molecule has 4 atom stereocenters. The van der Waals surface area contributed by atoms with Gasteiger partial charge in [-0.15, -0.1) is 11.3 Å². The fraction of sp³-hybridized carbons (Fsp3) is 0.483. The molecule has 43 heavy (non-hydrogen) atoms. The van der Waals surface area contributed by atoms with Gasteiger partial charge in [0.15, 0.2) is 5.82 Å². The summed E-state index contributed by atoms with van der Waals surface area (Å²) in [4.78, 5) is 14.6. The third-order valence-corrected chi connectivity index (χ3v) is 9.66. The molecule has 2 aromatic heterocycles. The van der Waals surface area contributed by atoms with E-state index in [0.717, 1.165) is 42.5 Å². The first-order valence-electron chi connectivity index (χ1n) is 14.1. The first-order valence-corrected chi connectivity index (χ1v) is 14.9. The summed E-state index contributed by atoms with van der Waals surface area (Å²) >= 11 is 0.902. The number of alkyl halides is 4. The third kappa shape index (κ3) is 4.87. The number of rotatable bonds is 6. The average molecular weight is 624 g/mol. The van der Waals surface area contributed by atoms with Crippen molar-refractivity contribution in [2.24, 2.45) is 5.92 Å². The van der Waals surface area contributed by atoms with E-state index in [1.54, 1.807) is 0 Å². The number of aromatic nitrogens is 3. The van der Waals surface area contributed by atoms with E-state index in [1.807, 2.05) is 11.8 Å². The molecule has 2 aromatic carbocycles. The monoisotopic (exact) mass is 623 g/mol. The molecular weight excluding hydrogens is 596 g/mol. The van der Waals surface area contributed by atoms with Gasteiger partial charge < -0.3 is 14.8 Å². The van der Waals surface area contributed by atoms with Crippen LogP contribution in [0.3, 0.4) is 0 Å². The van der Waals surface area contributed by atoms with Crippen molar-refractivity contribution in [3.8, 4) is 23.0 Å². The van der Waals surface area contributed by atoms with Crippen LogP contribution in [0.15, 0.2) is 23.7 Å². The molecule has 0 aliphatic carbocycles. The highest BCUT2D eigenvalue weighted by Gasteiger charge is 2.49. The van der Waals surface area contributed by atoms with E-state index in [9.17, 15) is 22.0 Å². The highest BCUT2D eigenvalue weighted by molar-refractivity contribution is 7.16. The highest BCUT2D eigenvalue weighted by Crippen LogP contribution is 2.46. The summed E-state index contributed by atoms with van der Waals surface area (Å²) in [6.45, 7) is 4.02. The maximum atomic E-state index is 16.5. The second-order valence-corrected chi connectivity index (χ2v) is 12.5. The second kappa shape index (κ2) is 10.4. The SMILES string of the molecule is C[C@@H]1CNCC1Oc1nc(OC[C@@]23CCCN2C[C@H](F)C3)nc2c(F)c(-c3ccc(F)c4scnc34)c(C(F)(F)F)cc12. The molecule has 3 saturated heterocycles. The van der Waals surface area contributed by atoms with Gasteiger partial charge in [0.2, 0.25) is 5.88 Å². The largest absolute Gasteiger partial charge is 0.472 e. The van der Waals surface area contributed by atoms with Crippen molar-refractivity contribution in [2.45, 2.75) is 50.2 Å². The predicted octanol–water partition coefficient (Wildman–Crippen LogP) is 6.15. The minimum atomic E-state index is -4.99.